The van der Waals surface area contributed by atoms with Gasteiger partial charge >= 0.3 is 6.09 Å². The average molecular weight is 510 g/mol. The first-order valence-electron chi connectivity index (χ1n) is 13.1. The molecule has 36 heavy (non-hydrogen) atoms. The maximum atomic E-state index is 13.3. The summed E-state index contributed by atoms with van der Waals surface area (Å²) < 4.78 is 12.9. The number of rotatable bonds is 6. The zero-order chi connectivity index (χ0) is 26.7. The van der Waals surface area contributed by atoms with Crippen LogP contribution in [0.15, 0.2) is 60.7 Å². The van der Waals surface area contributed by atoms with Crippen LogP contribution in [-0.4, -0.2) is 43.5 Å². The maximum Gasteiger partial charge on any atom is 0.417 e. The number of ether oxygens (including phenoxy) is 1. The van der Waals surface area contributed by atoms with Crippen LogP contribution >= 0.6 is 0 Å². The Morgan fingerprint density at radius 2 is 1.44 bits per heavy atom. The van der Waals surface area contributed by atoms with Gasteiger partial charge in [-0.3, -0.25) is 4.79 Å². The molecule has 3 rings (SSSR count). The molecule has 2 aromatic rings. The molecule has 1 saturated heterocycles. The summed E-state index contributed by atoms with van der Waals surface area (Å²) >= 11 is 0. The first-order valence-corrected chi connectivity index (χ1v) is 15.0. The van der Waals surface area contributed by atoms with Gasteiger partial charge in [0, 0.05) is 6.42 Å². The molecule has 2 atom stereocenters. The van der Waals surface area contributed by atoms with E-state index in [2.05, 4.69) is 83.1 Å². The third kappa shape index (κ3) is 5.92. The molecule has 6 heteroatoms. The number of benzene rings is 2. The third-order valence-corrected chi connectivity index (χ3v) is 12.1. The van der Waals surface area contributed by atoms with Gasteiger partial charge in [-0.25, -0.2) is 9.69 Å². The molecular formula is C30H43NO4Si. The van der Waals surface area contributed by atoms with Crippen LogP contribution in [0.5, 0.6) is 0 Å². The van der Waals surface area contributed by atoms with Crippen molar-refractivity contribution in [3.63, 3.8) is 0 Å². The Balaban J connectivity index is 2.09. The summed E-state index contributed by atoms with van der Waals surface area (Å²) in [6.45, 7) is 16.8. The summed E-state index contributed by atoms with van der Waals surface area (Å²) in [6, 6.07) is 20.5. The number of hydrogen-bond donors (Lipinski definition) is 0. The number of amides is 2. The lowest BCUT2D eigenvalue weighted by atomic mass is 9.81. The van der Waals surface area contributed by atoms with Crippen LogP contribution < -0.4 is 10.4 Å². The molecule has 1 heterocycles. The highest BCUT2D eigenvalue weighted by atomic mass is 28.4. The summed E-state index contributed by atoms with van der Waals surface area (Å²) in [5.74, 6) is 0.237. The van der Waals surface area contributed by atoms with E-state index in [0.29, 0.717) is 6.42 Å². The standard InChI is InChI=1S/C30H43NO4Si/c1-22(2)25-19-20-27(32)31(28(33)35-29(3,4)5)26(25)21-34-36(30(6,7)8,23-15-11-9-12-16-23)24-17-13-10-14-18-24/h9-18,22,25-26H,19-21H2,1-8H3. The van der Waals surface area contributed by atoms with Gasteiger partial charge in [-0.1, -0.05) is 95.3 Å². The highest BCUT2D eigenvalue weighted by molar-refractivity contribution is 6.99. The summed E-state index contributed by atoms with van der Waals surface area (Å²) in [7, 11) is -2.82. The number of hydrogen-bond acceptors (Lipinski definition) is 4. The van der Waals surface area contributed by atoms with Crippen LogP contribution in [0.2, 0.25) is 5.04 Å². The Kier molecular flexibility index (Phi) is 8.51. The molecule has 2 aromatic carbocycles. The number of piperidine rings is 1. The van der Waals surface area contributed by atoms with Gasteiger partial charge < -0.3 is 9.16 Å². The lowest BCUT2D eigenvalue weighted by Crippen LogP contribution is -2.68. The Hall–Kier alpha value is -2.44. The molecule has 2 unspecified atom stereocenters. The fraction of sp³-hybridized carbons (Fsp3) is 0.533. The first kappa shape index (κ1) is 28.1. The number of imide groups is 1. The quantitative estimate of drug-likeness (QED) is 0.465. The summed E-state index contributed by atoms with van der Waals surface area (Å²) in [5, 5.41) is 2.16. The zero-order valence-corrected chi connectivity index (χ0v) is 24.2. The fourth-order valence-electron chi connectivity index (χ4n) is 5.48. The van der Waals surface area contributed by atoms with E-state index in [-0.39, 0.29) is 35.4 Å². The van der Waals surface area contributed by atoms with Gasteiger partial charge in [-0.05, 0) is 54.4 Å². The molecule has 0 aliphatic carbocycles. The van der Waals surface area contributed by atoms with Gasteiger partial charge in [0.05, 0.1) is 12.6 Å². The van der Waals surface area contributed by atoms with Crippen molar-refractivity contribution in [2.24, 2.45) is 11.8 Å². The monoisotopic (exact) mass is 509 g/mol. The van der Waals surface area contributed by atoms with Crippen LogP contribution in [-0.2, 0) is 14.0 Å². The van der Waals surface area contributed by atoms with Crippen LogP contribution in [0.1, 0.15) is 68.2 Å². The van der Waals surface area contributed by atoms with Gasteiger partial charge in [0.15, 0.2) is 0 Å². The molecule has 2 amide bonds. The molecule has 1 aliphatic rings. The lowest BCUT2D eigenvalue weighted by Gasteiger charge is -2.47. The van der Waals surface area contributed by atoms with E-state index in [1.165, 1.54) is 15.3 Å². The van der Waals surface area contributed by atoms with Gasteiger partial charge in [0.2, 0.25) is 5.91 Å². The Morgan fingerprint density at radius 3 is 1.86 bits per heavy atom. The van der Waals surface area contributed by atoms with Gasteiger partial charge in [0.25, 0.3) is 8.32 Å². The maximum absolute atomic E-state index is 13.3. The van der Waals surface area contributed by atoms with Gasteiger partial charge in [-0.2, -0.15) is 0 Å². The molecule has 1 fully saturated rings. The topological polar surface area (TPSA) is 55.8 Å². The Labute approximate surface area is 218 Å². The van der Waals surface area contributed by atoms with E-state index in [1.54, 1.807) is 0 Å². The van der Waals surface area contributed by atoms with E-state index in [0.717, 1.165) is 6.42 Å². The minimum atomic E-state index is -2.82. The largest absolute Gasteiger partial charge is 0.443 e. The molecule has 0 saturated carbocycles. The number of nitrogens with zero attached hydrogens (tertiary/aromatic N) is 1. The summed E-state index contributed by atoms with van der Waals surface area (Å²) in [4.78, 5) is 27.8. The van der Waals surface area contributed by atoms with E-state index in [9.17, 15) is 9.59 Å². The highest BCUT2D eigenvalue weighted by Gasteiger charge is 2.52. The first-order chi connectivity index (χ1) is 16.8. The normalized spacial score (nSPS) is 19.5. The Morgan fingerprint density at radius 1 is 0.944 bits per heavy atom. The van der Waals surface area contributed by atoms with Crippen molar-refractivity contribution in [3.05, 3.63) is 60.7 Å². The van der Waals surface area contributed by atoms with E-state index >= 15 is 0 Å². The van der Waals surface area contributed by atoms with Crippen molar-refractivity contribution >= 4 is 30.7 Å². The van der Waals surface area contributed by atoms with Crippen molar-refractivity contribution in [2.75, 3.05) is 6.61 Å². The van der Waals surface area contributed by atoms with Crippen LogP contribution in [0.4, 0.5) is 4.79 Å². The van der Waals surface area contributed by atoms with E-state index < -0.39 is 20.0 Å². The van der Waals surface area contributed by atoms with E-state index in [4.69, 9.17) is 9.16 Å². The fourth-order valence-corrected chi connectivity index (χ4v) is 10.1. The molecule has 0 spiro atoms. The number of carbonyl (C=O) groups excluding carboxylic acids is 2. The Bertz CT molecular complexity index is 985. The van der Waals surface area contributed by atoms with E-state index in [1.807, 2.05) is 32.9 Å². The second-order valence-electron chi connectivity index (χ2n) is 12.2. The van der Waals surface area contributed by atoms with Crippen molar-refractivity contribution in [1.29, 1.82) is 0 Å². The minimum Gasteiger partial charge on any atom is -0.443 e. The second kappa shape index (κ2) is 10.9. The lowest BCUT2D eigenvalue weighted by molar-refractivity contribution is -0.139. The van der Waals surface area contributed by atoms with Gasteiger partial charge in [-0.15, -0.1) is 0 Å². The van der Waals surface area contributed by atoms with Crippen LogP contribution in [0.3, 0.4) is 0 Å². The number of carbonyl (C=O) groups is 2. The molecule has 0 radical (unpaired) electrons. The molecule has 196 valence electrons. The smallest absolute Gasteiger partial charge is 0.417 e. The average Bonchev–Trinajstić information content (AvgIpc) is 2.78. The van der Waals surface area contributed by atoms with Gasteiger partial charge in [0.1, 0.15) is 5.60 Å². The molecule has 5 nitrogen and oxygen atoms in total. The summed E-state index contributed by atoms with van der Waals surface area (Å²) in [5.41, 5.74) is -0.689. The SMILES string of the molecule is CC(C)C1CCC(=O)N(C(=O)OC(C)(C)C)C1CO[Si](c1ccccc1)(c1ccccc1)C(C)(C)C. The second-order valence-corrected chi connectivity index (χ2v) is 16.5. The van der Waals surface area contributed by atoms with Crippen molar-refractivity contribution in [2.45, 2.75) is 84.9 Å². The molecule has 0 N–H and O–H groups in total. The third-order valence-electron chi connectivity index (χ3n) is 7.12. The van der Waals surface area contributed by atoms with Crippen LogP contribution in [0, 0.1) is 11.8 Å². The minimum absolute atomic E-state index is 0.133. The predicted molar refractivity (Wildman–Crippen MR) is 148 cm³/mol. The molecular weight excluding hydrogens is 466 g/mol. The van der Waals surface area contributed by atoms with Crippen molar-refractivity contribution < 1.29 is 18.8 Å². The summed E-state index contributed by atoms with van der Waals surface area (Å²) in [6.07, 6.45) is 0.511. The van der Waals surface area contributed by atoms with Crippen LogP contribution in [0.25, 0.3) is 0 Å². The van der Waals surface area contributed by atoms with Crippen molar-refractivity contribution in [1.82, 2.24) is 4.90 Å². The zero-order valence-electron chi connectivity index (χ0n) is 23.2. The molecule has 0 aromatic heterocycles. The predicted octanol–water partition coefficient (Wildman–Crippen LogP) is 5.76. The highest BCUT2D eigenvalue weighted by Crippen LogP contribution is 2.39. The molecule has 1 aliphatic heterocycles. The van der Waals surface area contributed by atoms with Crippen molar-refractivity contribution in [3.8, 4) is 0 Å². The molecule has 0 bridgehead atoms. The number of likely N-dealkylation sites (tertiary alicyclic amines) is 1.